The summed E-state index contributed by atoms with van der Waals surface area (Å²) in [6.07, 6.45) is 6.63. The number of carboxylic acid groups (broad SMARTS) is 1. The fraction of sp³-hybridized carbons (Fsp3) is 0.259. The number of aliphatic carboxylic acids is 1. The maximum Gasteiger partial charge on any atom is 0.305 e. The summed E-state index contributed by atoms with van der Waals surface area (Å²) in [5, 5.41) is 12.1. The van der Waals surface area contributed by atoms with Crippen LogP contribution in [-0.4, -0.2) is 37.8 Å². The Morgan fingerprint density at radius 2 is 1.76 bits per heavy atom. The Morgan fingerprint density at radius 1 is 1.03 bits per heavy atom. The second kappa shape index (κ2) is 9.87. The number of hydrogen-bond acceptors (Lipinski definition) is 5. The molecular formula is C27H28N4O3. The molecule has 0 bridgehead atoms. The highest BCUT2D eigenvalue weighted by Gasteiger charge is 2.25. The van der Waals surface area contributed by atoms with E-state index in [4.69, 9.17) is 10.1 Å². The van der Waals surface area contributed by atoms with E-state index in [0.29, 0.717) is 23.8 Å². The zero-order valence-corrected chi connectivity index (χ0v) is 18.1. The average molecular weight is 457 g/mol. The van der Waals surface area contributed by atoms with Crippen LogP contribution in [0.1, 0.15) is 43.5 Å². The lowest BCUT2D eigenvalue weighted by Gasteiger charge is -2.11. The summed E-state index contributed by atoms with van der Waals surface area (Å²) in [4.78, 5) is 32.7. The lowest BCUT2D eigenvalue weighted by molar-refractivity contribution is -0.136. The summed E-state index contributed by atoms with van der Waals surface area (Å²) < 4.78 is 1.96. The van der Waals surface area contributed by atoms with Crippen molar-refractivity contribution in [3.8, 4) is 22.5 Å². The smallest absolute Gasteiger partial charge is 0.305 e. The number of rotatable bonds is 9. The van der Waals surface area contributed by atoms with Gasteiger partial charge in [-0.25, -0.2) is 9.97 Å². The Morgan fingerprint density at radius 3 is 2.44 bits per heavy atom. The molecule has 0 aliphatic heterocycles. The van der Waals surface area contributed by atoms with Gasteiger partial charge in [-0.2, -0.15) is 0 Å². The highest BCUT2D eigenvalue weighted by molar-refractivity contribution is 5.96. The van der Waals surface area contributed by atoms with Crippen molar-refractivity contribution in [1.29, 1.82) is 0 Å². The molecule has 0 atom stereocenters. The van der Waals surface area contributed by atoms with E-state index in [1.165, 1.54) is 0 Å². The molecule has 1 aliphatic carbocycles. The molecule has 34 heavy (non-hydrogen) atoms. The molecule has 174 valence electrons. The van der Waals surface area contributed by atoms with E-state index in [2.05, 4.69) is 10.3 Å². The van der Waals surface area contributed by atoms with Gasteiger partial charge in [-0.1, -0.05) is 62.0 Å². The fourth-order valence-corrected chi connectivity index (χ4v) is 3.89. The van der Waals surface area contributed by atoms with Crippen molar-refractivity contribution < 1.29 is 14.7 Å². The Bertz CT molecular complexity index is 1310. The lowest BCUT2D eigenvalue weighted by Crippen LogP contribution is -2.10. The molecule has 1 aliphatic rings. The third kappa shape index (κ3) is 4.98. The first-order valence-corrected chi connectivity index (χ1v) is 11.1. The standard InChI is InChI=1S/C26H24N4O3.CH4/c31-23(14-17-6-7-17)20-10-8-19(9-11-20)22-15-28-26-25(27-13-12-24(32)33)29-21(16-30(22)26)18-4-2-1-3-5-18;/h1-5,8-11,15-17H,6-7,12-14H2,(H,27,29)(H,32,33);1H4. The van der Waals surface area contributed by atoms with Gasteiger partial charge in [0.25, 0.3) is 0 Å². The Kier molecular flexibility index (Phi) is 6.72. The lowest BCUT2D eigenvalue weighted by atomic mass is 10.0. The molecular weight excluding hydrogens is 428 g/mol. The number of imidazole rings is 1. The van der Waals surface area contributed by atoms with Crippen LogP contribution < -0.4 is 5.32 Å². The highest BCUT2D eigenvalue weighted by atomic mass is 16.4. The number of hydrogen-bond donors (Lipinski definition) is 2. The maximum atomic E-state index is 12.4. The molecule has 2 aromatic carbocycles. The van der Waals surface area contributed by atoms with E-state index in [1.807, 2.05) is 65.2 Å². The van der Waals surface area contributed by atoms with Crippen LogP contribution in [0.2, 0.25) is 0 Å². The third-order valence-electron chi connectivity index (χ3n) is 5.87. The molecule has 2 heterocycles. The van der Waals surface area contributed by atoms with Gasteiger partial charge in [0.05, 0.1) is 24.0 Å². The molecule has 5 rings (SSSR count). The predicted molar refractivity (Wildman–Crippen MR) is 133 cm³/mol. The second-order valence-electron chi connectivity index (χ2n) is 8.40. The van der Waals surface area contributed by atoms with Gasteiger partial charge in [-0.15, -0.1) is 0 Å². The molecule has 0 amide bonds. The summed E-state index contributed by atoms with van der Waals surface area (Å²) in [5.74, 6) is 0.410. The van der Waals surface area contributed by atoms with E-state index in [1.54, 1.807) is 6.20 Å². The minimum atomic E-state index is -0.877. The van der Waals surface area contributed by atoms with E-state index >= 15 is 0 Å². The van der Waals surface area contributed by atoms with Gasteiger partial charge < -0.3 is 10.4 Å². The quantitative estimate of drug-likeness (QED) is 0.320. The number of carbonyl (C=O) groups excluding carboxylic acids is 1. The van der Waals surface area contributed by atoms with Crippen molar-refractivity contribution in [2.24, 2.45) is 5.92 Å². The van der Waals surface area contributed by atoms with Crippen molar-refractivity contribution in [2.45, 2.75) is 33.1 Å². The highest BCUT2D eigenvalue weighted by Crippen LogP contribution is 2.34. The van der Waals surface area contributed by atoms with E-state index in [-0.39, 0.29) is 26.2 Å². The van der Waals surface area contributed by atoms with E-state index in [9.17, 15) is 9.59 Å². The van der Waals surface area contributed by atoms with Crippen LogP contribution in [0.4, 0.5) is 5.82 Å². The van der Waals surface area contributed by atoms with Crippen molar-refractivity contribution >= 4 is 23.2 Å². The van der Waals surface area contributed by atoms with Crippen LogP contribution in [0.25, 0.3) is 28.2 Å². The zero-order valence-electron chi connectivity index (χ0n) is 18.1. The molecule has 1 fully saturated rings. The Labute approximate surface area is 198 Å². The first kappa shape index (κ1) is 23.2. The van der Waals surface area contributed by atoms with Crippen LogP contribution in [-0.2, 0) is 4.79 Å². The van der Waals surface area contributed by atoms with Crippen molar-refractivity contribution in [3.63, 3.8) is 0 Å². The summed E-state index contributed by atoms with van der Waals surface area (Å²) in [5.41, 5.74) is 4.85. The van der Waals surface area contributed by atoms with Crippen molar-refractivity contribution in [2.75, 3.05) is 11.9 Å². The molecule has 1 saturated carbocycles. The summed E-state index contributed by atoms with van der Waals surface area (Å²) in [7, 11) is 0. The van der Waals surface area contributed by atoms with Crippen LogP contribution in [0, 0.1) is 5.92 Å². The van der Waals surface area contributed by atoms with Crippen molar-refractivity contribution in [1.82, 2.24) is 14.4 Å². The number of ketones is 1. The monoisotopic (exact) mass is 456 g/mol. The van der Waals surface area contributed by atoms with Gasteiger partial charge in [0, 0.05) is 35.9 Å². The molecule has 2 aromatic heterocycles. The molecule has 7 nitrogen and oxygen atoms in total. The van der Waals surface area contributed by atoms with E-state index < -0.39 is 5.97 Å². The predicted octanol–water partition coefficient (Wildman–Crippen LogP) is 5.57. The van der Waals surface area contributed by atoms with Crippen LogP contribution >= 0.6 is 0 Å². The van der Waals surface area contributed by atoms with Crippen LogP contribution in [0.15, 0.2) is 67.0 Å². The van der Waals surface area contributed by atoms with Crippen LogP contribution in [0.5, 0.6) is 0 Å². The molecule has 7 heteroatoms. The topological polar surface area (TPSA) is 96.6 Å². The zero-order chi connectivity index (χ0) is 22.8. The first-order chi connectivity index (χ1) is 16.1. The summed E-state index contributed by atoms with van der Waals surface area (Å²) >= 11 is 0. The number of anilines is 1. The first-order valence-electron chi connectivity index (χ1n) is 11.1. The third-order valence-corrected chi connectivity index (χ3v) is 5.87. The molecule has 4 aromatic rings. The van der Waals surface area contributed by atoms with Gasteiger partial charge >= 0.3 is 5.97 Å². The molecule has 0 saturated heterocycles. The van der Waals surface area contributed by atoms with E-state index in [0.717, 1.165) is 40.9 Å². The summed E-state index contributed by atoms with van der Waals surface area (Å²) in [6, 6.07) is 17.5. The Hall–Kier alpha value is -4.00. The van der Waals surface area contributed by atoms with Gasteiger partial charge in [-0.05, 0) is 18.8 Å². The van der Waals surface area contributed by atoms with Gasteiger partial charge in [0.15, 0.2) is 17.2 Å². The van der Waals surface area contributed by atoms with Gasteiger partial charge in [0.1, 0.15) is 0 Å². The minimum Gasteiger partial charge on any atom is -0.481 e. The number of aromatic nitrogens is 3. The number of nitrogens with one attached hydrogen (secondary N) is 1. The number of Topliss-reactive ketones (excluding diaryl/α,β-unsaturated/α-hetero) is 1. The molecule has 0 radical (unpaired) electrons. The number of fused-ring (bicyclic) bond motifs is 1. The largest absolute Gasteiger partial charge is 0.481 e. The molecule has 0 spiro atoms. The SMILES string of the molecule is C.O=C(O)CCNc1nc(-c2ccccc2)cn2c(-c3ccc(C(=O)CC4CC4)cc3)cnc12. The number of carbonyl (C=O) groups is 2. The maximum absolute atomic E-state index is 12.4. The summed E-state index contributed by atoms with van der Waals surface area (Å²) in [6.45, 7) is 0.246. The normalized spacial score (nSPS) is 12.8. The minimum absolute atomic E-state index is 0. The van der Waals surface area contributed by atoms with Gasteiger partial charge in [0.2, 0.25) is 0 Å². The molecule has 0 unspecified atom stereocenters. The number of nitrogens with zero attached hydrogens (tertiary/aromatic N) is 3. The van der Waals surface area contributed by atoms with Crippen molar-refractivity contribution in [3.05, 3.63) is 72.6 Å². The average Bonchev–Trinajstić information content (AvgIpc) is 3.54. The second-order valence-corrected chi connectivity index (χ2v) is 8.40. The fourth-order valence-electron chi connectivity index (χ4n) is 3.89. The Balaban J connectivity index is 0.00000274. The molecule has 2 N–H and O–H groups in total. The number of carboxylic acids is 1. The van der Waals surface area contributed by atoms with Gasteiger partial charge in [-0.3, -0.25) is 14.0 Å². The number of benzene rings is 2. The van der Waals surface area contributed by atoms with Crippen LogP contribution in [0.3, 0.4) is 0 Å².